The molecule has 0 radical (unpaired) electrons. The van der Waals surface area contributed by atoms with E-state index in [2.05, 4.69) is 20.4 Å². The molecule has 8 heteroatoms. The van der Waals surface area contributed by atoms with E-state index in [4.69, 9.17) is 0 Å². The normalized spacial score (nSPS) is 27.9. The molecule has 0 spiro atoms. The maximum absolute atomic E-state index is 13.4. The molecule has 2 aliphatic carbocycles. The first-order valence-electron chi connectivity index (χ1n) is 7.07. The van der Waals surface area contributed by atoms with Crippen molar-refractivity contribution in [2.24, 2.45) is 11.8 Å². The molecular weight excluding hydrogens is 299 g/mol. The summed E-state index contributed by atoms with van der Waals surface area (Å²) in [5.41, 5.74) is 0.676. The van der Waals surface area contributed by atoms with Gasteiger partial charge in [0.05, 0.1) is 0 Å². The zero-order valence-electron chi connectivity index (χ0n) is 11.7. The average Bonchev–Trinajstić information content (AvgIpc) is 3.07. The van der Waals surface area contributed by atoms with Gasteiger partial charge in [0.2, 0.25) is 12.7 Å². The fraction of sp³-hybridized carbons (Fsp3) is 0.571. The van der Waals surface area contributed by atoms with Crippen LogP contribution in [-0.2, 0) is 6.54 Å². The van der Waals surface area contributed by atoms with Crippen LogP contribution >= 0.6 is 0 Å². The Labute approximate surface area is 125 Å². The van der Waals surface area contributed by atoms with Crippen molar-refractivity contribution < 1.29 is 22.7 Å². The second-order valence-corrected chi connectivity index (χ2v) is 5.60. The van der Waals surface area contributed by atoms with Crippen LogP contribution in [0.2, 0.25) is 0 Å². The van der Waals surface area contributed by atoms with Crippen molar-refractivity contribution in [3.05, 3.63) is 23.9 Å². The van der Waals surface area contributed by atoms with Gasteiger partial charge in [-0.15, -0.1) is 0 Å². The highest BCUT2D eigenvalue weighted by Gasteiger charge is 2.68. The summed E-state index contributed by atoms with van der Waals surface area (Å²) in [7, 11) is 0. The van der Waals surface area contributed by atoms with E-state index in [0.29, 0.717) is 12.0 Å². The maximum Gasteiger partial charge on any atom is 0.315 e. The molecule has 0 aromatic carbocycles. The molecule has 1 aromatic rings. The molecule has 22 heavy (non-hydrogen) atoms. The summed E-state index contributed by atoms with van der Waals surface area (Å²) < 4.78 is 43.5. The first kappa shape index (κ1) is 14.9. The standard InChI is InChI=1S/C14H16F3N3O2/c15-7-22-10-5-8(2-4-18-10)6-19-13(21)20-12-9-1-3-14(16,17)11(9)12/h2,4-5,9,11-12H,1,3,6-7H2,(H2,19,20,21). The number of fused-ring (bicyclic) bond motifs is 1. The lowest BCUT2D eigenvalue weighted by atomic mass is 10.2. The lowest BCUT2D eigenvalue weighted by molar-refractivity contribution is -0.0176. The van der Waals surface area contributed by atoms with Crippen LogP contribution in [0.3, 0.4) is 0 Å². The third kappa shape index (κ3) is 2.95. The number of hydrogen-bond donors (Lipinski definition) is 2. The van der Waals surface area contributed by atoms with Gasteiger partial charge < -0.3 is 15.4 Å². The number of pyridine rings is 1. The molecule has 2 fully saturated rings. The van der Waals surface area contributed by atoms with Crippen molar-refractivity contribution in [3.8, 4) is 5.88 Å². The molecule has 120 valence electrons. The van der Waals surface area contributed by atoms with Crippen LogP contribution in [0.4, 0.5) is 18.0 Å². The summed E-state index contributed by atoms with van der Waals surface area (Å²) in [6.45, 7) is -0.807. The number of nitrogens with one attached hydrogen (secondary N) is 2. The van der Waals surface area contributed by atoms with Gasteiger partial charge in [-0.25, -0.2) is 22.9 Å². The van der Waals surface area contributed by atoms with Gasteiger partial charge in [0.1, 0.15) is 0 Å². The second kappa shape index (κ2) is 5.66. The summed E-state index contributed by atoms with van der Waals surface area (Å²) in [5.74, 6) is -3.36. The van der Waals surface area contributed by atoms with Crippen LogP contribution in [0.25, 0.3) is 0 Å². The Morgan fingerprint density at radius 3 is 3.00 bits per heavy atom. The number of alkyl halides is 3. The zero-order chi connectivity index (χ0) is 15.7. The van der Waals surface area contributed by atoms with Gasteiger partial charge >= 0.3 is 6.03 Å². The van der Waals surface area contributed by atoms with Crippen LogP contribution in [0.5, 0.6) is 5.88 Å². The van der Waals surface area contributed by atoms with E-state index in [1.54, 1.807) is 6.07 Å². The molecule has 0 saturated heterocycles. The number of nitrogens with zero attached hydrogens (tertiary/aromatic N) is 1. The van der Waals surface area contributed by atoms with Crippen LogP contribution in [0.15, 0.2) is 18.3 Å². The number of carbonyl (C=O) groups is 1. The van der Waals surface area contributed by atoms with Crippen LogP contribution in [0.1, 0.15) is 18.4 Å². The second-order valence-electron chi connectivity index (χ2n) is 5.60. The fourth-order valence-corrected chi connectivity index (χ4v) is 3.11. The highest BCUT2D eigenvalue weighted by atomic mass is 19.3. The minimum atomic E-state index is -2.66. The van der Waals surface area contributed by atoms with Crippen molar-refractivity contribution in [3.63, 3.8) is 0 Å². The maximum atomic E-state index is 13.4. The number of aromatic nitrogens is 1. The van der Waals surface area contributed by atoms with Gasteiger partial charge in [-0.1, -0.05) is 0 Å². The molecular formula is C14H16F3N3O2. The third-order valence-corrected chi connectivity index (χ3v) is 4.22. The lowest BCUT2D eigenvalue weighted by Crippen LogP contribution is -2.39. The molecule has 0 aliphatic heterocycles. The molecule has 3 unspecified atom stereocenters. The van der Waals surface area contributed by atoms with Crippen LogP contribution in [0, 0.1) is 11.8 Å². The summed E-state index contributed by atoms with van der Waals surface area (Å²) in [5, 5.41) is 5.17. The summed E-state index contributed by atoms with van der Waals surface area (Å²) >= 11 is 0. The largest absolute Gasteiger partial charge is 0.446 e. The molecule has 3 rings (SSSR count). The summed E-state index contributed by atoms with van der Waals surface area (Å²) in [6, 6.07) is 2.22. The number of amides is 2. The van der Waals surface area contributed by atoms with Gasteiger partial charge in [-0.05, 0) is 24.0 Å². The molecule has 1 heterocycles. The monoisotopic (exact) mass is 315 g/mol. The molecule has 5 nitrogen and oxygen atoms in total. The van der Waals surface area contributed by atoms with Crippen molar-refractivity contribution in [2.45, 2.75) is 31.4 Å². The lowest BCUT2D eigenvalue weighted by Gasteiger charge is -2.14. The van der Waals surface area contributed by atoms with Crippen molar-refractivity contribution in [1.29, 1.82) is 0 Å². The third-order valence-electron chi connectivity index (χ3n) is 4.22. The Morgan fingerprint density at radius 2 is 2.32 bits per heavy atom. The minimum absolute atomic E-state index is 0.0868. The Kier molecular flexibility index (Phi) is 3.84. The molecule has 2 aliphatic rings. The van der Waals surface area contributed by atoms with Crippen LogP contribution < -0.4 is 15.4 Å². The van der Waals surface area contributed by atoms with Crippen molar-refractivity contribution in [2.75, 3.05) is 6.86 Å². The molecule has 2 N–H and O–H groups in total. The molecule has 2 saturated carbocycles. The smallest absolute Gasteiger partial charge is 0.315 e. The van der Waals surface area contributed by atoms with Gasteiger partial charge in [0.25, 0.3) is 5.92 Å². The van der Waals surface area contributed by atoms with E-state index in [1.807, 2.05) is 0 Å². The summed E-state index contributed by atoms with van der Waals surface area (Å²) in [4.78, 5) is 15.5. The highest BCUT2D eigenvalue weighted by Crippen LogP contribution is 2.59. The predicted molar refractivity (Wildman–Crippen MR) is 71.2 cm³/mol. The Morgan fingerprint density at radius 1 is 1.50 bits per heavy atom. The Balaban J connectivity index is 1.46. The molecule has 1 aromatic heterocycles. The SMILES string of the molecule is O=C(NCc1ccnc(OCF)c1)NC1C2CCC(F)(F)C21. The Bertz CT molecular complexity index is 570. The minimum Gasteiger partial charge on any atom is -0.446 e. The number of urea groups is 1. The molecule has 0 bridgehead atoms. The average molecular weight is 315 g/mol. The van der Waals surface area contributed by atoms with Crippen molar-refractivity contribution in [1.82, 2.24) is 15.6 Å². The van der Waals surface area contributed by atoms with E-state index in [-0.39, 0.29) is 24.8 Å². The van der Waals surface area contributed by atoms with E-state index < -0.39 is 30.8 Å². The predicted octanol–water partition coefficient (Wildman–Crippen LogP) is 2.23. The highest BCUT2D eigenvalue weighted by molar-refractivity contribution is 5.74. The van der Waals surface area contributed by atoms with Gasteiger partial charge in [0, 0.05) is 37.2 Å². The van der Waals surface area contributed by atoms with Gasteiger partial charge in [0.15, 0.2) is 0 Å². The number of ether oxygens (including phenoxy) is 1. The number of carbonyl (C=O) groups excluding carboxylic acids is 1. The molecule has 2 amide bonds. The zero-order valence-corrected chi connectivity index (χ0v) is 11.7. The summed E-state index contributed by atoms with van der Waals surface area (Å²) in [6.07, 6.45) is 1.80. The van der Waals surface area contributed by atoms with E-state index >= 15 is 0 Å². The van der Waals surface area contributed by atoms with Gasteiger partial charge in [-0.2, -0.15) is 0 Å². The number of halogens is 3. The number of rotatable bonds is 5. The van der Waals surface area contributed by atoms with Crippen molar-refractivity contribution >= 4 is 6.03 Å². The Hall–Kier alpha value is -1.99. The first-order chi connectivity index (χ1) is 10.5. The fourth-order valence-electron chi connectivity index (χ4n) is 3.11. The van der Waals surface area contributed by atoms with Crippen LogP contribution in [-0.4, -0.2) is 29.8 Å². The quantitative estimate of drug-likeness (QED) is 0.876. The topological polar surface area (TPSA) is 63.2 Å². The first-order valence-corrected chi connectivity index (χ1v) is 7.07. The van der Waals surface area contributed by atoms with E-state index in [1.165, 1.54) is 12.3 Å². The molecule has 3 atom stereocenters. The van der Waals surface area contributed by atoms with E-state index in [9.17, 15) is 18.0 Å². The number of hydrogen-bond acceptors (Lipinski definition) is 3. The van der Waals surface area contributed by atoms with Gasteiger partial charge in [-0.3, -0.25) is 0 Å². The van der Waals surface area contributed by atoms with E-state index in [0.717, 1.165) is 0 Å².